The molecule has 1 amide bonds. The minimum absolute atomic E-state index is 0.394. The number of amides is 1. The summed E-state index contributed by atoms with van der Waals surface area (Å²) < 4.78 is 0. The molecule has 0 aromatic carbocycles. The summed E-state index contributed by atoms with van der Waals surface area (Å²) >= 11 is 0. The predicted octanol–water partition coefficient (Wildman–Crippen LogP) is 7.74. The molecule has 0 aromatic heterocycles. The quantitative estimate of drug-likeness (QED) is 0.144. The van der Waals surface area contributed by atoms with Gasteiger partial charge in [0.25, 0.3) is 0 Å². The highest BCUT2D eigenvalue weighted by atomic mass is 16.4. The van der Waals surface area contributed by atoms with Gasteiger partial charge in [-0.2, -0.15) is 0 Å². The zero-order valence-corrected chi connectivity index (χ0v) is 18.8. The molecule has 0 saturated carbocycles. The highest BCUT2D eigenvalue weighted by Crippen LogP contribution is 2.14. The van der Waals surface area contributed by atoms with Gasteiger partial charge >= 0.3 is 6.09 Å². The normalized spacial score (nSPS) is 11.1. The summed E-state index contributed by atoms with van der Waals surface area (Å²) in [7, 11) is 0. The molecule has 0 atom stereocenters. The lowest BCUT2D eigenvalue weighted by Gasteiger charge is -2.15. The molecule has 28 heavy (non-hydrogen) atoms. The van der Waals surface area contributed by atoms with Gasteiger partial charge in [0, 0.05) is 6.54 Å². The van der Waals surface area contributed by atoms with Crippen molar-refractivity contribution in [1.82, 2.24) is 4.90 Å². The zero-order valence-electron chi connectivity index (χ0n) is 18.8. The highest BCUT2D eigenvalue weighted by Gasteiger charge is 2.08. The van der Waals surface area contributed by atoms with E-state index in [-0.39, 0.29) is 0 Å². The molecule has 0 unspecified atom stereocenters. The summed E-state index contributed by atoms with van der Waals surface area (Å²) in [5, 5.41) is 17.7. The molecule has 0 fully saturated rings. The van der Waals surface area contributed by atoms with Crippen LogP contribution in [-0.4, -0.2) is 34.5 Å². The van der Waals surface area contributed by atoms with E-state index >= 15 is 0 Å². The SMILES string of the molecule is CCCCCCCCCCCCCCCCCCCCCCN(CO)C(=O)O. The summed E-state index contributed by atoms with van der Waals surface area (Å²) in [6, 6.07) is 0. The van der Waals surface area contributed by atoms with Crippen LogP contribution in [0.5, 0.6) is 0 Å². The van der Waals surface area contributed by atoms with Gasteiger partial charge in [-0.25, -0.2) is 4.79 Å². The van der Waals surface area contributed by atoms with Crippen LogP contribution in [0.2, 0.25) is 0 Å². The monoisotopic (exact) mass is 399 g/mol. The Kier molecular flexibility index (Phi) is 21.9. The molecule has 0 spiro atoms. The number of aliphatic hydroxyl groups is 1. The molecular weight excluding hydrogens is 350 g/mol. The lowest BCUT2D eigenvalue weighted by Crippen LogP contribution is -2.31. The average Bonchev–Trinajstić information content (AvgIpc) is 2.69. The van der Waals surface area contributed by atoms with E-state index in [0.29, 0.717) is 6.54 Å². The smallest absolute Gasteiger partial charge is 0.409 e. The number of carbonyl (C=O) groups is 1. The Morgan fingerprint density at radius 2 is 0.857 bits per heavy atom. The van der Waals surface area contributed by atoms with Gasteiger partial charge < -0.3 is 10.2 Å². The fourth-order valence-electron chi connectivity index (χ4n) is 3.78. The number of aliphatic hydroxyl groups excluding tert-OH is 1. The van der Waals surface area contributed by atoms with Gasteiger partial charge in [-0.3, -0.25) is 4.90 Å². The van der Waals surface area contributed by atoms with Gasteiger partial charge in [0.15, 0.2) is 0 Å². The fraction of sp³-hybridized carbons (Fsp3) is 0.958. The largest absolute Gasteiger partial charge is 0.465 e. The molecule has 4 heteroatoms. The van der Waals surface area contributed by atoms with Crippen LogP contribution in [0.15, 0.2) is 0 Å². The summed E-state index contributed by atoms with van der Waals surface area (Å²) in [4.78, 5) is 11.8. The zero-order chi connectivity index (χ0) is 20.7. The van der Waals surface area contributed by atoms with Gasteiger partial charge in [0.05, 0.1) is 0 Å². The Bertz CT molecular complexity index is 323. The molecule has 2 N–H and O–H groups in total. The first-order valence-corrected chi connectivity index (χ1v) is 12.3. The van der Waals surface area contributed by atoms with Crippen molar-refractivity contribution in [3.63, 3.8) is 0 Å². The van der Waals surface area contributed by atoms with E-state index in [1.165, 1.54) is 116 Å². The summed E-state index contributed by atoms with van der Waals surface area (Å²) in [5.74, 6) is 0. The second kappa shape index (κ2) is 22.5. The highest BCUT2D eigenvalue weighted by molar-refractivity contribution is 5.64. The van der Waals surface area contributed by atoms with E-state index in [9.17, 15) is 4.79 Å². The molecule has 0 saturated heterocycles. The topological polar surface area (TPSA) is 60.8 Å². The third-order valence-electron chi connectivity index (χ3n) is 5.72. The Hall–Kier alpha value is -0.770. The standard InChI is InChI=1S/C24H49NO3/c1-2-3-4-5-6-7-8-9-10-11-12-13-14-15-16-17-18-19-20-21-22-25(23-26)24(27)28/h26H,2-23H2,1H3,(H,27,28). The van der Waals surface area contributed by atoms with Gasteiger partial charge in [0.2, 0.25) is 0 Å². The summed E-state index contributed by atoms with van der Waals surface area (Å²) in [5.41, 5.74) is 0. The minimum atomic E-state index is -1.03. The fourth-order valence-corrected chi connectivity index (χ4v) is 3.78. The first-order valence-electron chi connectivity index (χ1n) is 12.3. The second-order valence-corrected chi connectivity index (χ2v) is 8.40. The maximum atomic E-state index is 10.7. The minimum Gasteiger partial charge on any atom is -0.465 e. The maximum absolute atomic E-state index is 10.7. The first-order chi connectivity index (χ1) is 13.7. The van der Waals surface area contributed by atoms with E-state index in [1.54, 1.807) is 0 Å². The van der Waals surface area contributed by atoms with E-state index in [1.807, 2.05) is 0 Å². The third kappa shape index (κ3) is 20.0. The van der Waals surface area contributed by atoms with Crippen molar-refractivity contribution in [3.8, 4) is 0 Å². The van der Waals surface area contributed by atoms with Crippen LogP contribution < -0.4 is 0 Å². The van der Waals surface area contributed by atoms with E-state index in [2.05, 4.69) is 6.92 Å². The van der Waals surface area contributed by atoms with Crippen LogP contribution in [0.25, 0.3) is 0 Å². The van der Waals surface area contributed by atoms with Gasteiger partial charge in [-0.1, -0.05) is 129 Å². The molecule has 0 aliphatic carbocycles. The summed E-state index contributed by atoms with van der Waals surface area (Å²) in [6.45, 7) is 2.34. The lowest BCUT2D eigenvalue weighted by atomic mass is 10.0. The average molecular weight is 400 g/mol. The van der Waals surface area contributed by atoms with Crippen LogP contribution in [-0.2, 0) is 0 Å². The Morgan fingerprint density at radius 1 is 0.571 bits per heavy atom. The molecule has 168 valence electrons. The Balaban J connectivity index is 3.09. The number of unbranched alkanes of at least 4 members (excludes halogenated alkanes) is 19. The van der Waals surface area contributed by atoms with Crippen molar-refractivity contribution in [2.75, 3.05) is 13.3 Å². The van der Waals surface area contributed by atoms with Crippen LogP contribution in [0.3, 0.4) is 0 Å². The first kappa shape index (κ1) is 27.2. The molecule has 0 rings (SSSR count). The van der Waals surface area contributed by atoms with Gasteiger partial charge in [-0.05, 0) is 6.42 Å². The van der Waals surface area contributed by atoms with Crippen molar-refractivity contribution in [3.05, 3.63) is 0 Å². The van der Waals surface area contributed by atoms with Gasteiger partial charge in [-0.15, -0.1) is 0 Å². The summed E-state index contributed by atoms with van der Waals surface area (Å²) in [6.07, 6.45) is 25.8. The molecule has 0 aromatic rings. The van der Waals surface area contributed by atoms with Crippen LogP contribution in [0.1, 0.15) is 135 Å². The van der Waals surface area contributed by atoms with E-state index in [4.69, 9.17) is 10.2 Å². The van der Waals surface area contributed by atoms with Gasteiger partial charge in [0.1, 0.15) is 6.73 Å². The lowest BCUT2D eigenvalue weighted by molar-refractivity contribution is 0.0876. The molecule has 4 nitrogen and oxygen atoms in total. The molecule has 0 radical (unpaired) electrons. The maximum Gasteiger partial charge on any atom is 0.409 e. The Morgan fingerprint density at radius 3 is 1.11 bits per heavy atom. The second-order valence-electron chi connectivity index (χ2n) is 8.40. The number of rotatable bonds is 22. The number of hydrogen-bond donors (Lipinski definition) is 2. The molecular formula is C24H49NO3. The predicted molar refractivity (Wildman–Crippen MR) is 120 cm³/mol. The van der Waals surface area contributed by atoms with E-state index in [0.717, 1.165) is 17.7 Å². The van der Waals surface area contributed by atoms with Crippen molar-refractivity contribution in [2.45, 2.75) is 135 Å². The van der Waals surface area contributed by atoms with Crippen molar-refractivity contribution < 1.29 is 15.0 Å². The van der Waals surface area contributed by atoms with Crippen molar-refractivity contribution >= 4 is 6.09 Å². The Labute approximate surface area is 175 Å². The molecule has 0 bridgehead atoms. The van der Waals surface area contributed by atoms with Crippen molar-refractivity contribution in [2.24, 2.45) is 0 Å². The molecule has 0 aliphatic rings. The van der Waals surface area contributed by atoms with Crippen LogP contribution >= 0.6 is 0 Å². The number of hydrogen-bond acceptors (Lipinski definition) is 2. The van der Waals surface area contributed by atoms with Crippen LogP contribution in [0.4, 0.5) is 4.79 Å². The number of carboxylic acid groups (broad SMARTS) is 1. The third-order valence-corrected chi connectivity index (χ3v) is 5.72. The number of nitrogens with zero attached hydrogens (tertiary/aromatic N) is 1. The van der Waals surface area contributed by atoms with Crippen molar-refractivity contribution in [1.29, 1.82) is 0 Å². The molecule has 0 heterocycles. The molecule has 0 aliphatic heterocycles. The van der Waals surface area contributed by atoms with E-state index < -0.39 is 12.8 Å². The van der Waals surface area contributed by atoms with Crippen LogP contribution in [0, 0.1) is 0 Å².